The number of sulfonamides is 1. The Bertz CT molecular complexity index is 1410. The molecule has 2 fully saturated rings. The van der Waals surface area contributed by atoms with Crippen LogP contribution in [-0.4, -0.2) is 55.8 Å². The second kappa shape index (κ2) is 12.0. The van der Waals surface area contributed by atoms with Crippen molar-refractivity contribution in [2.24, 2.45) is 10.7 Å². The summed E-state index contributed by atoms with van der Waals surface area (Å²) in [5.74, 6) is -2.16. The molecule has 2 saturated carbocycles. The number of nitrogens with zero attached hydrogens (tertiary/aromatic N) is 1. The van der Waals surface area contributed by atoms with Gasteiger partial charge in [0.2, 0.25) is 10.0 Å². The maximum absolute atomic E-state index is 15.1. The largest absolute Gasteiger partial charge is 0.494 e. The molecule has 40 heavy (non-hydrogen) atoms. The van der Waals surface area contributed by atoms with Gasteiger partial charge in [0, 0.05) is 35.6 Å². The Labute approximate surface area is 228 Å². The number of amides is 1. The lowest BCUT2D eigenvalue weighted by Crippen LogP contribution is -2.38. The van der Waals surface area contributed by atoms with Crippen molar-refractivity contribution >= 4 is 27.8 Å². The summed E-state index contributed by atoms with van der Waals surface area (Å²) in [7, 11) is -3.98. The van der Waals surface area contributed by atoms with Crippen LogP contribution >= 0.6 is 0 Å². The van der Waals surface area contributed by atoms with Crippen LogP contribution in [0.4, 0.5) is 17.6 Å². The molecule has 4 N–H and O–H groups in total. The van der Waals surface area contributed by atoms with Gasteiger partial charge in [0.15, 0.2) is 0 Å². The third-order valence-corrected chi connectivity index (χ3v) is 8.60. The second-order valence-corrected chi connectivity index (χ2v) is 11.9. The Morgan fingerprint density at radius 3 is 2.58 bits per heavy atom. The monoisotopic (exact) mass is 586 g/mol. The summed E-state index contributed by atoms with van der Waals surface area (Å²) in [6.07, 6.45) is 3.01. The molecule has 4 rings (SSSR count). The number of hydrogen-bond acceptors (Lipinski definition) is 7. The predicted octanol–water partition coefficient (Wildman–Crippen LogP) is 3.75. The number of aromatic nitrogens is 1. The number of carbonyl (C=O) groups excluding carboxylic acids is 1. The van der Waals surface area contributed by atoms with Crippen molar-refractivity contribution in [2.75, 3.05) is 6.61 Å². The van der Waals surface area contributed by atoms with Gasteiger partial charge in [0.1, 0.15) is 17.5 Å². The van der Waals surface area contributed by atoms with E-state index >= 15 is 4.39 Å². The van der Waals surface area contributed by atoms with E-state index in [1.807, 2.05) is 4.72 Å². The fraction of sp³-hybridized carbons (Fsp3) is 0.500. The summed E-state index contributed by atoms with van der Waals surface area (Å²) >= 11 is 0. The minimum atomic E-state index is -4.32. The Morgan fingerprint density at radius 2 is 1.98 bits per heavy atom. The van der Waals surface area contributed by atoms with E-state index in [1.54, 1.807) is 0 Å². The van der Waals surface area contributed by atoms with Gasteiger partial charge < -0.3 is 15.5 Å². The molecule has 2 atom stereocenters. The highest BCUT2D eigenvalue weighted by molar-refractivity contribution is 7.91. The number of pyridine rings is 1. The number of aliphatic imine (C=N–C) groups is 1. The van der Waals surface area contributed by atoms with E-state index in [9.17, 15) is 31.2 Å². The Kier molecular flexibility index (Phi) is 8.86. The molecule has 14 heteroatoms. The number of allylic oxidation sites excluding steroid dienone is 4. The van der Waals surface area contributed by atoms with Crippen molar-refractivity contribution in [1.29, 1.82) is 0 Å². The molecular formula is C26H30F4N4O5S. The molecule has 0 bridgehead atoms. The molecule has 0 saturated heterocycles. The molecule has 1 amide bonds. The Balaban J connectivity index is 1.58. The van der Waals surface area contributed by atoms with Crippen LogP contribution in [0.1, 0.15) is 72.5 Å². The van der Waals surface area contributed by atoms with Crippen LogP contribution in [0.2, 0.25) is 0 Å². The Morgan fingerprint density at radius 1 is 1.25 bits per heavy atom. The SMILES string of the molecule is NC(=CC=NC1CCC1)c1cc(C2C=CC(OCCCC(F)(F)F)=CC2F)[nH]c(=O)c1C(=O)NS(=O)(=O)C1CC1. The van der Waals surface area contributed by atoms with Crippen molar-refractivity contribution in [2.45, 2.75) is 74.5 Å². The topological polar surface area (TPSA) is 144 Å². The number of aromatic amines is 1. The molecule has 2 unspecified atom stereocenters. The smallest absolute Gasteiger partial charge is 0.389 e. The van der Waals surface area contributed by atoms with Gasteiger partial charge in [-0.15, -0.1) is 0 Å². The highest BCUT2D eigenvalue weighted by Gasteiger charge is 2.38. The van der Waals surface area contributed by atoms with E-state index in [0.717, 1.165) is 25.3 Å². The van der Waals surface area contributed by atoms with Crippen molar-refractivity contribution in [3.8, 4) is 0 Å². The van der Waals surface area contributed by atoms with Crippen LogP contribution in [0.5, 0.6) is 0 Å². The van der Waals surface area contributed by atoms with Gasteiger partial charge in [-0.05, 0) is 62.8 Å². The zero-order valence-corrected chi connectivity index (χ0v) is 22.2. The molecule has 0 aromatic carbocycles. The summed E-state index contributed by atoms with van der Waals surface area (Å²) in [4.78, 5) is 32.8. The summed E-state index contributed by atoms with van der Waals surface area (Å²) in [6, 6.07) is 1.45. The molecule has 3 aliphatic carbocycles. The second-order valence-electron chi connectivity index (χ2n) is 9.99. The molecule has 1 aromatic heterocycles. The average molecular weight is 587 g/mol. The highest BCUT2D eigenvalue weighted by atomic mass is 32.2. The van der Waals surface area contributed by atoms with E-state index in [4.69, 9.17) is 10.5 Å². The van der Waals surface area contributed by atoms with Gasteiger partial charge in [0.05, 0.1) is 17.8 Å². The molecule has 3 aliphatic rings. The molecule has 0 radical (unpaired) electrons. The summed E-state index contributed by atoms with van der Waals surface area (Å²) in [5, 5.41) is -0.711. The fourth-order valence-electron chi connectivity index (χ4n) is 4.18. The molecule has 1 aromatic rings. The molecule has 218 valence electrons. The van der Waals surface area contributed by atoms with Gasteiger partial charge in [-0.1, -0.05) is 6.08 Å². The van der Waals surface area contributed by atoms with Crippen LogP contribution in [0.15, 0.2) is 45.9 Å². The first kappa shape index (κ1) is 29.6. The number of H-pyrrole nitrogens is 1. The van der Waals surface area contributed by atoms with Crippen molar-refractivity contribution in [3.05, 3.63) is 63.3 Å². The number of halogens is 4. The first-order valence-corrected chi connectivity index (χ1v) is 14.4. The maximum atomic E-state index is 15.1. The van der Waals surface area contributed by atoms with Crippen molar-refractivity contribution < 1.29 is 35.5 Å². The third-order valence-electron chi connectivity index (χ3n) is 6.78. The standard InChI is InChI=1S/C26H30F4N4O5S/c27-20-13-16(39-12-2-10-26(28,29)30)5-8-18(20)22-14-19(21(31)9-11-32-15-3-1-4-15)23(24(35)33-22)25(36)34-40(37,38)17-6-7-17/h5,8-9,11,13-15,17-18,20H,1-4,6-7,10,12,31H2,(H,33,35)(H,34,36). The molecule has 0 aliphatic heterocycles. The molecular weight excluding hydrogens is 556 g/mol. The summed E-state index contributed by atoms with van der Waals surface area (Å²) < 4.78 is 83.9. The fourth-order valence-corrected chi connectivity index (χ4v) is 5.46. The minimum absolute atomic E-state index is 0.0430. The number of hydrogen-bond donors (Lipinski definition) is 3. The van der Waals surface area contributed by atoms with Crippen molar-refractivity contribution in [1.82, 2.24) is 9.71 Å². The number of nitrogens with one attached hydrogen (secondary N) is 2. The van der Waals surface area contributed by atoms with Crippen LogP contribution in [0.25, 0.3) is 5.70 Å². The van der Waals surface area contributed by atoms with E-state index in [2.05, 4.69) is 9.98 Å². The van der Waals surface area contributed by atoms with Gasteiger partial charge >= 0.3 is 6.18 Å². The highest BCUT2D eigenvalue weighted by Crippen LogP contribution is 2.31. The van der Waals surface area contributed by atoms with E-state index < -0.39 is 57.0 Å². The lowest BCUT2D eigenvalue weighted by Gasteiger charge is -2.22. The third kappa shape index (κ3) is 7.61. The number of nitrogens with two attached hydrogens (primary N) is 1. The predicted molar refractivity (Wildman–Crippen MR) is 141 cm³/mol. The van der Waals surface area contributed by atoms with E-state index in [-0.39, 0.29) is 41.8 Å². The zero-order chi connectivity index (χ0) is 29.1. The number of rotatable bonds is 11. The van der Waals surface area contributed by atoms with Gasteiger partial charge in [-0.3, -0.25) is 14.6 Å². The number of ether oxygens (including phenoxy) is 1. The Hall–Kier alpha value is -3.42. The molecule has 1 heterocycles. The van der Waals surface area contributed by atoms with Crippen LogP contribution < -0.4 is 16.0 Å². The van der Waals surface area contributed by atoms with E-state index in [0.29, 0.717) is 12.8 Å². The first-order valence-electron chi connectivity index (χ1n) is 12.9. The van der Waals surface area contributed by atoms with E-state index in [1.165, 1.54) is 30.5 Å². The van der Waals surface area contributed by atoms with Crippen molar-refractivity contribution in [3.63, 3.8) is 0 Å². The van der Waals surface area contributed by atoms with Crippen LogP contribution in [0.3, 0.4) is 0 Å². The zero-order valence-electron chi connectivity index (χ0n) is 21.4. The van der Waals surface area contributed by atoms with Gasteiger partial charge in [-0.25, -0.2) is 17.5 Å². The lowest BCUT2D eigenvalue weighted by molar-refractivity contribution is -0.137. The summed E-state index contributed by atoms with van der Waals surface area (Å²) in [5.41, 5.74) is 4.59. The normalized spacial score (nSPS) is 22.2. The minimum Gasteiger partial charge on any atom is -0.494 e. The lowest BCUT2D eigenvalue weighted by atomic mass is 9.92. The van der Waals surface area contributed by atoms with Gasteiger partial charge in [-0.2, -0.15) is 13.2 Å². The quantitative estimate of drug-likeness (QED) is 0.205. The maximum Gasteiger partial charge on any atom is 0.389 e. The van der Waals surface area contributed by atoms with Crippen LogP contribution in [-0.2, 0) is 14.8 Å². The molecule has 0 spiro atoms. The average Bonchev–Trinajstić information content (AvgIpc) is 3.68. The van der Waals surface area contributed by atoms with Gasteiger partial charge in [0.25, 0.3) is 11.5 Å². The molecule has 9 nitrogen and oxygen atoms in total. The first-order chi connectivity index (χ1) is 18.8. The summed E-state index contributed by atoms with van der Waals surface area (Å²) in [6.45, 7) is -0.259. The van der Waals surface area contributed by atoms with Crippen LogP contribution in [0, 0.1) is 0 Å². The number of alkyl halides is 4. The number of carbonyl (C=O) groups is 1.